The normalized spacial score (nSPS) is 11.8. The number of carbonyl (C=O) groups excluding carboxylic acids is 1. The number of unbranched alkanes of at least 4 members (excludes halogenated alkanes) is 1. The third-order valence-corrected chi connectivity index (χ3v) is 7.77. The number of hydrogen-bond acceptors (Lipinski definition) is 3. The minimum absolute atomic E-state index is 0.283. The minimum atomic E-state index is -1.86. The van der Waals surface area contributed by atoms with Crippen LogP contribution >= 0.6 is 0 Å². The molecule has 0 fully saturated rings. The van der Waals surface area contributed by atoms with Crippen molar-refractivity contribution in [2.45, 2.75) is 52.4 Å². The number of pyridine rings is 1. The van der Waals surface area contributed by atoms with E-state index in [0.29, 0.717) is 12.2 Å². The van der Waals surface area contributed by atoms with Crippen LogP contribution in [0.1, 0.15) is 42.7 Å². The average Bonchev–Trinajstić information content (AvgIpc) is 3.06. The lowest BCUT2D eigenvalue weighted by molar-refractivity contribution is 0.0524. The fourth-order valence-electron chi connectivity index (χ4n) is 3.69. The topological polar surface area (TPSA) is 39.9 Å². The van der Waals surface area contributed by atoms with E-state index >= 15 is 0 Å². The monoisotopic (exact) mass is 427 g/mol. The van der Waals surface area contributed by atoms with Crippen molar-refractivity contribution in [3.05, 3.63) is 65.7 Å². The lowest BCUT2D eigenvalue weighted by Gasteiger charge is -2.23. The van der Waals surface area contributed by atoms with Gasteiger partial charge in [0.15, 0.2) is 8.32 Å². The van der Waals surface area contributed by atoms with Gasteiger partial charge in [0.05, 0.1) is 30.0 Å². The number of aromatic nitrogens is 1. The van der Waals surface area contributed by atoms with Crippen molar-refractivity contribution in [2.75, 3.05) is 6.61 Å². The lowest BCUT2D eigenvalue weighted by Crippen LogP contribution is -2.30. The Morgan fingerprint density at radius 3 is 2.50 bits per heavy atom. The van der Waals surface area contributed by atoms with Gasteiger partial charge in [-0.05, 0) is 55.9 Å². The molecule has 2 aromatic heterocycles. The summed E-state index contributed by atoms with van der Waals surface area (Å²) >= 11 is 0. The Balaban J connectivity index is 2.14. The SMILES string of the molecule is CCCC[Si](C)(C)OCc1c(C(=O)OCC)c(-c2ccc(F)cc2)c2ccccn12. The van der Waals surface area contributed by atoms with E-state index in [1.807, 2.05) is 28.8 Å². The molecule has 0 aliphatic carbocycles. The minimum Gasteiger partial charge on any atom is -0.462 e. The average molecular weight is 428 g/mol. The Morgan fingerprint density at radius 2 is 1.83 bits per heavy atom. The van der Waals surface area contributed by atoms with Crippen molar-refractivity contribution in [1.29, 1.82) is 0 Å². The van der Waals surface area contributed by atoms with Crippen molar-refractivity contribution < 1.29 is 18.3 Å². The van der Waals surface area contributed by atoms with Gasteiger partial charge in [-0.2, -0.15) is 0 Å². The third kappa shape index (κ3) is 4.82. The number of halogens is 1. The highest BCUT2D eigenvalue weighted by Gasteiger charge is 2.28. The van der Waals surface area contributed by atoms with Gasteiger partial charge < -0.3 is 13.6 Å². The molecule has 160 valence electrons. The number of esters is 1. The molecular formula is C24H30FNO3Si. The molecule has 6 heteroatoms. The Kier molecular flexibility index (Phi) is 7.10. The van der Waals surface area contributed by atoms with E-state index < -0.39 is 8.32 Å². The molecule has 0 aliphatic heterocycles. The molecule has 0 bridgehead atoms. The van der Waals surface area contributed by atoms with E-state index in [0.717, 1.165) is 41.2 Å². The number of carbonyl (C=O) groups is 1. The fraction of sp³-hybridized carbons (Fsp3) is 0.375. The number of fused-ring (bicyclic) bond motifs is 1. The van der Waals surface area contributed by atoms with Crippen molar-refractivity contribution >= 4 is 19.8 Å². The largest absolute Gasteiger partial charge is 0.462 e. The van der Waals surface area contributed by atoms with Crippen LogP contribution < -0.4 is 0 Å². The molecule has 0 amide bonds. The smallest absolute Gasteiger partial charge is 0.340 e. The van der Waals surface area contributed by atoms with Gasteiger partial charge in [-0.25, -0.2) is 9.18 Å². The predicted octanol–water partition coefficient (Wildman–Crippen LogP) is 6.44. The standard InChI is InChI=1S/C24H30FNO3Si/c1-5-7-16-30(3,4)29-17-21-23(24(27)28-6-2)22(18-11-13-19(25)14-12-18)20-10-8-9-15-26(20)21/h8-15H,5-7,16-17H2,1-4H3. The molecule has 30 heavy (non-hydrogen) atoms. The van der Waals surface area contributed by atoms with Crippen LogP contribution in [0.5, 0.6) is 0 Å². The van der Waals surface area contributed by atoms with Crippen molar-refractivity contribution in [1.82, 2.24) is 4.40 Å². The van der Waals surface area contributed by atoms with Crippen LogP contribution in [-0.2, 0) is 15.8 Å². The molecule has 2 heterocycles. The second kappa shape index (κ2) is 9.58. The van der Waals surface area contributed by atoms with E-state index in [4.69, 9.17) is 9.16 Å². The number of rotatable bonds is 9. The van der Waals surface area contributed by atoms with Crippen LogP contribution in [-0.4, -0.2) is 25.3 Å². The second-order valence-electron chi connectivity index (χ2n) is 8.03. The van der Waals surface area contributed by atoms with E-state index in [1.165, 1.54) is 12.1 Å². The highest BCUT2D eigenvalue weighted by Crippen LogP contribution is 2.35. The molecule has 0 saturated heterocycles. The molecule has 3 rings (SSSR count). The maximum absolute atomic E-state index is 13.5. The van der Waals surface area contributed by atoms with Gasteiger partial charge in [0, 0.05) is 11.8 Å². The van der Waals surface area contributed by atoms with Crippen LogP contribution in [0.3, 0.4) is 0 Å². The Hall–Kier alpha value is -2.44. The molecule has 0 spiro atoms. The number of nitrogens with zero attached hydrogens (tertiary/aromatic N) is 1. The molecule has 4 nitrogen and oxygen atoms in total. The Labute approximate surface area is 178 Å². The summed E-state index contributed by atoms with van der Waals surface area (Å²) in [5, 5.41) is 0. The zero-order valence-corrected chi connectivity index (χ0v) is 19.2. The first-order valence-electron chi connectivity index (χ1n) is 10.6. The zero-order chi connectivity index (χ0) is 21.7. The van der Waals surface area contributed by atoms with Crippen LogP contribution in [0.15, 0.2) is 48.7 Å². The summed E-state index contributed by atoms with van der Waals surface area (Å²) in [5.41, 5.74) is 3.67. The maximum Gasteiger partial charge on any atom is 0.340 e. The number of ether oxygens (including phenoxy) is 1. The molecule has 0 radical (unpaired) electrons. The first kappa shape index (κ1) is 22.2. The van der Waals surface area contributed by atoms with E-state index in [9.17, 15) is 9.18 Å². The third-order valence-electron chi connectivity index (χ3n) is 5.29. The highest BCUT2D eigenvalue weighted by atomic mass is 28.4. The van der Waals surface area contributed by atoms with Gasteiger partial charge in [-0.3, -0.25) is 0 Å². The summed E-state index contributed by atoms with van der Waals surface area (Å²) in [5.74, 6) is -0.695. The molecular weight excluding hydrogens is 397 g/mol. The van der Waals surface area contributed by atoms with Crippen molar-refractivity contribution in [2.24, 2.45) is 0 Å². The van der Waals surface area contributed by atoms with Crippen LogP contribution in [0, 0.1) is 5.82 Å². The number of hydrogen-bond donors (Lipinski definition) is 0. The van der Waals surface area contributed by atoms with Gasteiger partial charge in [-0.15, -0.1) is 0 Å². The Morgan fingerprint density at radius 1 is 1.10 bits per heavy atom. The molecule has 0 unspecified atom stereocenters. The van der Waals surface area contributed by atoms with Gasteiger partial charge >= 0.3 is 5.97 Å². The van der Waals surface area contributed by atoms with Crippen LogP contribution in [0.25, 0.3) is 16.6 Å². The van der Waals surface area contributed by atoms with Gasteiger partial charge in [0.2, 0.25) is 0 Å². The van der Waals surface area contributed by atoms with Gasteiger partial charge in [-0.1, -0.05) is 38.0 Å². The predicted molar refractivity (Wildman–Crippen MR) is 121 cm³/mol. The summed E-state index contributed by atoms with van der Waals surface area (Å²) < 4.78 is 27.4. The summed E-state index contributed by atoms with van der Waals surface area (Å²) in [4.78, 5) is 13.0. The first-order valence-corrected chi connectivity index (χ1v) is 13.7. The quantitative estimate of drug-likeness (QED) is 0.291. The highest BCUT2D eigenvalue weighted by molar-refractivity contribution is 6.71. The molecule has 0 N–H and O–H groups in total. The summed E-state index contributed by atoms with van der Waals surface area (Å²) in [6.45, 7) is 9.02. The lowest BCUT2D eigenvalue weighted by atomic mass is 10.0. The van der Waals surface area contributed by atoms with Gasteiger partial charge in [0.1, 0.15) is 5.82 Å². The van der Waals surface area contributed by atoms with Gasteiger partial charge in [0.25, 0.3) is 0 Å². The molecule has 3 aromatic rings. The van der Waals surface area contributed by atoms with Crippen molar-refractivity contribution in [3.8, 4) is 11.1 Å². The molecule has 0 atom stereocenters. The maximum atomic E-state index is 13.5. The molecule has 0 aliphatic rings. The summed E-state index contributed by atoms with van der Waals surface area (Å²) in [6, 6.07) is 13.1. The molecule has 0 saturated carbocycles. The zero-order valence-electron chi connectivity index (χ0n) is 18.2. The summed E-state index contributed by atoms with van der Waals surface area (Å²) in [6.07, 6.45) is 4.21. The molecule has 1 aromatic carbocycles. The fourth-order valence-corrected chi connectivity index (χ4v) is 5.56. The van der Waals surface area contributed by atoms with E-state index in [2.05, 4.69) is 20.0 Å². The van der Waals surface area contributed by atoms with Crippen molar-refractivity contribution in [3.63, 3.8) is 0 Å². The van der Waals surface area contributed by atoms with Crippen LogP contribution in [0.4, 0.5) is 4.39 Å². The first-order chi connectivity index (χ1) is 14.4. The van der Waals surface area contributed by atoms with E-state index in [-0.39, 0.29) is 18.4 Å². The summed E-state index contributed by atoms with van der Waals surface area (Å²) in [7, 11) is -1.86. The Bertz CT molecular complexity index is 1010. The number of benzene rings is 1. The van der Waals surface area contributed by atoms with E-state index in [1.54, 1.807) is 19.1 Å². The van der Waals surface area contributed by atoms with Crippen LogP contribution in [0.2, 0.25) is 19.1 Å². The second-order valence-corrected chi connectivity index (χ2v) is 12.3.